The summed E-state index contributed by atoms with van der Waals surface area (Å²) in [7, 11) is 1.59. The molecule has 0 amide bonds. The van der Waals surface area contributed by atoms with E-state index in [1.54, 1.807) is 20.0 Å². The van der Waals surface area contributed by atoms with Gasteiger partial charge in [-0.25, -0.2) is 9.97 Å². The molecule has 1 rings (SSSR count). The van der Waals surface area contributed by atoms with Crippen molar-refractivity contribution in [3.63, 3.8) is 0 Å². The minimum Gasteiger partial charge on any atom is -0.373 e. The van der Waals surface area contributed by atoms with E-state index in [1.807, 2.05) is 0 Å². The highest BCUT2D eigenvalue weighted by molar-refractivity contribution is 5.34. The fourth-order valence-electron chi connectivity index (χ4n) is 1.17. The van der Waals surface area contributed by atoms with E-state index in [-0.39, 0.29) is 5.82 Å². The minimum absolute atomic E-state index is 0.0299. The summed E-state index contributed by atoms with van der Waals surface area (Å²) in [6, 6.07) is 1.59. The van der Waals surface area contributed by atoms with Crippen molar-refractivity contribution < 1.29 is 26.7 Å². The third kappa shape index (κ3) is 4.27. The smallest absolute Gasteiger partial charge is 0.373 e. The summed E-state index contributed by atoms with van der Waals surface area (Å²) in [4.78, 5) is 7.72. The summed E-state index contributed by atoms with van der Waals surface area (Å²) in [5.41, 5.74) is 0.542. The Labute approximate surface area is 106 Å². The number of hydrogen-bond acceptors (Lipinski definition) is 4. The first-order valence-electron chi connectivity index (χ1n) is 5.20. The van der Waals surface area contributed by atoms with Crippen LogP contribution in [0.3, 0.4) is 0 Å². The quantitative estimate of drug-likeness (QED) is 0.845. The minimum atomic E-state index is -5.63. The van der Waals surface area contributed by atoms with Gasteiger partial charge in [0.2, 0.25) is 0 Å². The Morgan fingerprint density at radius 1 is 1.21 bits per heavy atom. The number of anilines is 1. The van der Waals surface area contributed by atoms with Crippen LogP contribution in [-0.2, 0) is 11.3 Å². The number of hydrogen-bond donors (Lipinski definition) is 1. The number of nitrogens with zero attached hydrogens (tertiary/aromatic N) is 2. The number of aryl methyl sites for hydroxylation is 1. The second kappa shape index (κ2) is 5.64. The molecule has 4 nitrogen and oxygen atoms in total. The number of nitrogens with one attached hydrogen (secondary N) is 1. The van der Waals surface area contributed by atoms with Gasteiger partial charge in [0.05, 0.1) is 0 Å². The molecule has 0 fully saturated rings. The Bertz CT molecular complexity index is 436. The molecule has 0 unspecified atom stereocenters. The molecule has 0 aliphatic rings. The first-order chi connectivity index (χ1) is 8.65. The number of rotatable bonds is 5. The molecule has 0 bridgehead atoms. The number of alkyl halides is 5. The Kier molecular flexibility index (Phi) is 4.61. The summed E-state index contributed by atoms with van der Waals surface area (Å²) in [5, 5.41) is 2.70. The first kappa shape index (κ1) is 15.5. The zero-order chi connectivity index (χ0) is 14.7. The Balaban J connectivity index is 2.61. The van der Waals surface area contributed by atoms with Gasteiger partial charge in [0, 0.05) is 18.8 Å². The normalized spacial score (nSPS) is 12.6. The molecule has 0 aliphatic carbocycles. The molecule has 1 heterocycles. The van der Waals surface area contributed by atoms with Crippen LogP contribution in [0.4, 0.5) is 27.8 Å². The molecule has 108 valence electrons. The van der Waals surface area contributed by atoms with Gasteiger partial charge >= 0.3 is 12.1 Å². The second-order valence-electron chi connectivity index (χ2n) is 3.76. The summed E-state index contributed by atoms with van der Waals surface area (Å²) < 4.78 is 65.1. The predicted octanol–water partition coefficient (Wildman–Crippen LogP) is 2.54. The van der Waals surface area contributed by atoms with Crippen LogP contribution in [0.1, 0.15) is 11.5 Å². The molecule has 1 N–H and O–H groups in total. The van der Waals surface area contributed by atoms with E-state index in [0.717, 1.165) is 0 Å². The maximum absolute atomic E-state index is 12.6. The topological polar surface area (TPSA) is 47.0 Å². The van der Waals surface area contributed by atoms with Gasteiger partial charge in [-0.2, -0.15) is 22.0 Å². The molecule has 0 aromatic carbocycles. The van der Waals surface area contributed by atoms with Crippen LogP contribution in [0.25, 0.3) is 0 Å². The molecule has 0 radical (unpaired) electrons. The average Bonchev–Trinajstić information content (AvgIpc) is 2.26. The highest BCUT2D eigenvalue weighted by Crippen LogP contribution is 2.35. The van der Waals surface area contributed by atoms with Crippen LogP contribution in [0.2, 0.25) is 0 Å². The fraction of sp³-hybridized carbons (Fsp3) is 0.600. The predicted molar refractivity (Wildman–Crippen MR) is 57.0 cm³/mol. The van der Waals surface area contributed by atoms with Crippen molar-refractivity contribution in [2.75, 3.05) is 19.0 Å². The molecule has 0 spiro atoms. The Morgan fingerprint density at radius 3 is 2.37 bits per heavy atom. The molecule has 0 aliphatic heterocycles. The van der Waals surface area contributed by atoms with Crippen LogP contribution in [0.15, 0.2) is 6.07 Å². The van der Waals surface area contributed by atoms with Gasteiger partial charge in [0.25, 0.3) is 0 Å². The first-order valence-corrected chi connectivity index (χ1v) is 5.20. The molecule has 1 aromatic rings. The Morgan fingerprint density at radius 2 is 1.84 bits per heavy atom. The molecule has 9 heteroatoms. The van der Waals surface area contributed by atoms with Gasteiger partial charge in [-0.1, -0.05) is 0 Å². The largest absolute Gasteiger partial charge is 0.455 e. The van der Waals surface area contributed by atoms with E-state index >= 15 is 0 Å². The highest BCUT2D eigenvalue weighted by atomic mass is 19.4. The van der Waals surface area contributed by atoms with Gasteiger partial charge in [-0.15, -0.1) is 0 Å². The number of halogens is 5. The third-order valence-corrected chi connectivity index (χ3v) is 2.09. The zero-order valence-electron chi connectivity index (χ0n) is 10.2. The van der Waals surface area contributed by atoms with Crippen LogP contribution in [-0.4, -0.2) is 35.7 Å². The van der Waals surface area contributed by atoms with Crippen LogP contribution in [0.5, 0.6) is 0 Å². The molecule has 1 aromatic heterocycles. The van der Waals surface area contributed by atoms with E-state index < -0.39 is 25.3 Å². The second-order valence-corrected chi connectivity index (χ2v) is 3.76. The summed E-state index contributed by atoms with van der Waals surface area (Å²) >= 11 is 0. The molecule has 0 saturated carbocycles. The van der Waals surface area contributed by atoms with Crippen molar-refractivity contribution in [2.24, 2.45) is 0 Å². The van der Waals surface area contributed by atoms with Crippen molar-refractivity contribution in [1.29, 1.82) is 0 Å². The van der Waals surface area contributed by atoms with E-state index in [4.69, 9.17) is 0 Å². The summed E-state index contributed by atoms with van der Waals surface area (Å²) in [6.45, 7) is -0.652. The van der Waals surface area contributed by atoms with Crippen LogP contribution < -0.4 is 5.32 Å². The van der Waals surface area contributed by atoms with Gasteiger partial charge in [-0.3, -0.25) is 0 Å². The number of aromatic nitrogens is 2. The third-order valence-electron chi connectivity index (χ3n) is 2.09. The monoisotopic (exact) mass is 285 g/mol. The maximum Gasteiger partial charge on any atom is 0.455 e. The van der Waals surface area contributed by atoms with Crippen LogP contribution in [0, 0.1) is 6.92 Å². The van der Waals surface area contributed by atoms with E-state index in [2.05, 4.69) is 20.0 Å². The van der Waals surface area contributed by atoms with Gasteiger partial charge < -0.3 is 10.1 Å². The van der Waals surface area contributed by atoms with Gasteiger partial charge in [-0.05, 0) is 6.92 Å². The lowest BCUT2D eigenvalue weighted by Gasteiger charge is -2.19. The average molecular weight is 285 g/mol. The van der Waals surface area contributed by atoms with Gasteiger partial charge in [0.1, 0.15) is 19.0 Å². The fourth-order valence-corrected chi connectivity index (χ4v) is 1.17. The zero-order valence-corrected chi connectivity index (χ0v) is 10.2. The SMILES string of the molecule is CNc1cc(C)nc(COCC(F)(F)C(F)(F)F)n1. The number of ether oxygens (including phenoxy) is 1. The molecular formula is C10H12F5N3O. The van der Waals surface area contributed by atoms with E-state index in [0.29, 0.717) is 11.5 Å². The van der Waals surface area contributed by atoms with E-state index in [9.17, 15) is 22.0 Å². The summed E-state index contributed by atoms with van der Waals surface area (Å²) in [6.07, 6.45) is -5.63. The van der Waals surface area contributed by atoms with Crippen molar-refractivity contribution in [3.8, 4) is 0 Å². The molecular weight excluding hydrogens is 273 g/mol. The lowest BCUT2D eigenvalue weighted by atomic mass is 10.3. The standard InChI is InChI=1S/C10H12F5N3O/c1-6-3-7(16-2)18-8(17-6)4-19-5-9(11,12)10(13,14)15/h3H,4-5H2,1-2H3,(H,16,17,18). The summed E-state index contributed by atoms with van der Waals surface area (Å²) in [5.74, 6) is -4.43. The van der Waals surface area contributed by atoms with Crippen molar-refractivity contribution in [3.05, 3.63) is 17.6 Å². The van der Waals surface area contributed by atoms with E-state index in [1.165, 1.54) is 0 Å². The van der Waals surface area contributed by atoms with Crippen LogP contribution >= 0.6 is 0 Å². The lowest BCUT2D eigenvalue weighted by molar-refractivity contribution is -0.297. The lowest BCUT2D eigenvalue weighted by Crippen LogP contribution is -2.40. The molecule has 0 atom stereocenters. The van der Waals surface area contributed by atoms with Gasteiger partial charge in [0.15, 0.2) is 5.82 Å². The highest BCUT2D eigenvalue weighted by Gasteiger charge is 2.57. The molecule has 19 heavy (non-hydrogen) atoms. The van der Waals surface area contributed by atoms with Crippen molar-refractivity contribution in [1.82, 2.24) is 9.97 Å². The maximum atomic E-state index is 12.6. The van der Waals surface area contributed by atoms with Crippen molar-refractivity contribution >= 4 is 5.82 Å². The molecule has 0 saturated heterocycles. The Hall–Kier alpha value is -1.51. The van der Waals surface area contributed by atoms with Crippen molar-refractivity contribution in [2.45, 2.75) is 25.6 Å².